The van der Waals surface area contributed by atoms with E-state index in [0.717, 1.165) is 18.2 Å². The standard InChI is InChI=1S/C20H23N3O4S2/c1-5-12(3)22-20-23-19(24)16(28-20)10-13-7-8-15-14(9-13)18(27-6-2)17(11-21-15)29(4,25)26/h7-12H,5-6H2,1-4H3,(H,22,23,24)/b16-10-. The van der Waals surface area contributed by atoms with E-state index in [9.17, 15) is 13.2 Å². The largest absolute Gasteiger partial charge is 0.492 e. The Kier molecular flexibility index (Phi) is 6.28. The lowest BCUT2D eigenvalue weighted by Crippen LogP contribution is -2.21. The summed E-state index contributed by atoms with van der Waals surface area (Å²) in [6.45, 7) is 6.14. The number of benzene rings is 1. The van der Waals surface area contributed by atoms with Crippen LogP contribution in [0.5, 0.6) is 5.75 Å². The molecular weight excluding hydrogens is 410 g/mol. The van der Waals surface area contributed by atoms with Crippen LogP contribution in [0.4, 0.5) is 0 Å². The molecule has 9 heteroatoms. The summed E-state index contributed by atoms with van der Waals surface area (Å²) in [6.07, 6.45) is 5.08. The molecule has 2 heterocycles. The second-order valence-corrected chi connectivity index (χ2v) is 9.70. The van der Waals surface area contributed by atoms with Crippen LogP contribution >= 0.6 is 11.8 Å². The first-order valence-electron chi connectivity index (χ1n) is 9.27. The van der Waals surface area contributed by atoms with Crippen LogP contribution in [0.3, 0.4) is 0 Å². The van der Waals surface area contributed by atoms with Gasteiger partial charge >= 0.3 is 0 Å². The number of carbonyl (C=O) groups excluding carboxylic acids is 1. The minimum absolute atomic E-state index is 0.0487. The highest BCUT2D eigenvalue weighted by atomic mass is 32.2. The third-order valence-electron chi connectivity index (χ3n) is 4.38. The summed E-state index contributed by atoms with van der Waals surface area (Å²) in [7, 11) is -3.50. The first kappa shape index (κ1) is 21.3. The molecule has 1 unspecified atom stereocenters. The van der Waals surface area contributed by atoms with Crippen molar-refractivity contribution in [3.63, 3.8) is 0 Å². The molecule has 154 valence electrons. The highest BCUT2D eigenvalue weighted by Gasteiger charge is 2.24. The van der Waals surface area contributed by atoms with Gasteiger partial charge < -0.3 is 10.1 Å². The molecule has 1 aliphatic heterocycles. The fourth-order valence-electron chi connectivity index (χ4n) is 2.75. The number of nitrogens with one attached hydrogen (secondary N) is 1. The Balaban J connectivity index is 2.05. The topological polar surface area (TPSA) is 97.7 Å². The molecule has 0 aliphatic carbocycles. The summed E-state index contributed by atoms with van der Waals surface area (Å²) >= 11 is 1.29. The van der Waals surface area contributed by atoms with Gasteiger partial charge in [0.2, 0.25) is 0 Å². The number of amidine groups is 1. The van der Waals surface area contributed by atoms with E-state index in [1.54, 1.807) is 25.1 Å². The smallest absolute Gasteiger partial charge is 0.264 e. The summed E-state index contributed by atoms with van der Waals surface area (Å²) in [5.74, 6) is 0.0768. The van der Waals surface area contributed by atoms with E-state index >= 15 is 0 Å². The minimum Gasteiger partial charge on any atom is -0.492 e. The van der Waals surface area contributed by atoms with Crippen LogP contribution in [-0.2, 0) is 14.6 Å². The summed E-state index contributed by atoms with van der Waals surface area (Å²) in [4.78, 5) is 21.6. The molecule has 1 saturated heterocycles. The number of nitrogens with zero attached hydrogens (tertiary/aromatic N) is 2. The Morgan fingerprint density at radius 3 is 2.76 bits per heavy atom. The lowest BCUT2D eigenvalue weighted by Gasteiger charge is -2.12. The van der Waals surface area contributed by atoms with Gasteiger partial charge in [-0.25, -0.2) is 8.42 Å². The molecule has 0 bridgehead atoms. The summed E-state index contributed by atoms with van der Waals surface area (Å²) in [5.41, 5.74) is 1.36. The van der Waals surface area contributed by atoms with Crippen LogP contribution in [0.15, 0.2) is 39.2 Å². The monoisotopic (exact) mass is 433 g/mol. The SMILES string of the molecule is CCOc1c(S(C)(=O)=O)cnc2ccc(/C=C3\SC(=NC(C)CC)NC3=O)cc12. The zero-order valence-corrected chi connectivity index (χ0v) is 18.4. The number of pyridine rings is 1. The van der Waals surface area contributed by atoms with Gasteiger partial charge in [0.1, 0.15) is 10.6 Å². The number of fused-ring (bicyclic) bond motifs is 1. The van der Waals surface area contributed by atoms with Crippen LogP contribution in [0.25, 0.3) is 17.0 Å². The molecule has 1 N–H and O–H groups in total. The maximum absolute atomic E-state index is 12.3. The maximum Gasteiger partial charge on any atom is 0.264 e. The van der Waals surface area contributed by atoms with Crippen molar-refractivity contribution in [2.24, 2.45) is 4.99 Å². The van der Waals surface area contributed by atoms with Crippen molar-refractivity contribution in [2.75, 3.05) is 12.9 Å². The van der Waals surface area contributed by atoms with E-state index in [-0.39, 0.29) is 22.6 Å². The fourth-order valence-corrected chi connectivity index (χ4v) is 4.42. The Labute approximate surface area is 174 Å². The number of hydrogen-bond donors (Lipinski definition) is 1. The highest BCUT2D eigenvalue weighted by molar-refractivity contribution is 8.18. The molecular formula is C20H23N3O4S2. The number of carbonyl (C=O) groups is 1. The van der Waals surface area contributed by atoms with Crippen LogP contribution in [0, 0.1) is 0 Å². The molecule has 1 atom stereocenters. The van der Waals surface area contributed by atoms with E-state index in [4.69, 9.17) is 4.74 Å². The van der Waals surface area contributed by atoms with E-state index < -0.39 is 9.84 Å². The van der Waals surface area contributed by atoms with Crippen LogP contribution in [0.2, 0.25) is 0 Å². The number of sulfone groups is 1. The highest BCUT2D eigenvalue weighted by Crippen LogP contribution is 2.34. The number of aromatic nitrogens is 1. The van der Waals surface area contributed by atoms with Crippen LogP contribution in [-0.4, -0.2) is 43.4 Å². The van der Waals surface area contributed by atoms with Gasteiger partial charge in [0.05, 0.1) is 23.2 Å². The van der Waals surface area contributed by atoms with Gasteiger partial charge in [0.15, 0.2) is 15.0 Å². The maximum atomic E-state index is 12.3. The Hall–Kier alpha value is -2.39. The molecule has 1 aliphatic rings. The predicted molar refractivity (Wildman–Crippen MR) is 117 cm³/mol. The van der Waals surface area contributed by atoms with Gasteiger partial charge in [0.25, 0.3) is 5.91 Å². The average Bonchev–Trinajstić information content (AvgIpc) is 3.00. The number of aliphatic imine (C=N–C) groups is 1. The zero-order chi connectivity index (χ0) is 21.2. The minimum atomic E-state index is -3.50. The van der Waals surface area contributed by atoms with Crippen LogP contribution in [0.1, 0.15) is 32.8 Å². The Bertz CT molecular complexity index is 1120. The first-order valence-corrected chi connectivity index (χ1v) is 12.0. The molecule has 1 aromatic heterocycles. The van der Waals surface area contributed by atoms with Crippen molar-refractivity contribution in [3.05, 3.63) is 34.9 Å². The molecule has 0 saturated carbocycles. The van der Waals surface area contributed by atoms with E-state index in [1.165, 1.54) is 18.0 Å². The lowest BCUT2D eigenvalue weighted by molar-refractivity contribution is -0.115. The molecule has 2 aromatic rings. The van der Waals surface area contributed by atoms with Gasteiger partial charge in [-0.2, -0.15) is 0 Å². The number of amides is 1. The second-order valence-electron chi connectivity index (χ2n) is 6.69. The normalized spacial score (nSPS) is 18.4. The molecule has 29 heavy (non-hydrogen) atoms. The number of hydrogen-bond acceptors (Lipinski definition) is 7. The van der Waals surface area contributed by atoms with E-state index in [1.807, 2.05) is 19.9 Å². The van der Waals surface area contributed by atoms with E-state index in [2.05, 4.69) is 15.3 Å². The van der Waals surface area contributed by atoms with Crippen LogP contribution < -0.4 is 10.1 Å². The van der Waals surface area contributed by atoms with Gasteiger partial charge in [-0.3, -0.25) is 14.8 Å². The van der Waals surface area contributed by atoms with Gasteiger partial charge in [0, 0.05) is 17.7 Å². The summed E-state index contributed by atoms with van der Waals surface area (Å²) in [5, 5.41) is 3.95. The second kappa shape index (κ2) is 8.54. The van der Waals surface area contributed by atoms with Crippen molar-refractivity contribution in [2.45, 2.75) is 38.1 Å². The Morgan fingerprint density at radius 2 is 2.10 bits per heavy atom. The quantitative estimate of drug-likeness (QED) is 0.701. The molecule has 7 nitrogen and oxygen atoms in total. The van der Waals surface area contributed by atoms with Gasteiger partial charge in [-0.15, -0.1) is 0 Å². The molecule has 1 fully saturated rings. The average molecular weight is 434 g/mol. The van der Waals surface area contributed by atoms with Crippen molar-refractivity contribution in [1.29, 1.82) is 0 Å². The third-order valence-corrected chi connectivity index (χ3v) is 6.39. The zero-order valence-electron chi connectivity index (χ0n) is 16.7. The third kappa shape index (κ3) is 4.79. The molecule has 3 rings (SSSR count). The van der Waals surface area contributed by atoms with E-state index in [0.29, 0.717) is 27.6 Å². The van der Waals surface area contributed by atoms with Gasteiger partial charge in [-0.05, 0) is 55.8 Å². The van der Waals surface area contributed by atoms with Crippen molar-refractivity contribution in [3.8, 4) is 5.75 Å². The first-order chi connectivity index (χ1) is 13.7. The summed E-state index contributed by atoms with van der Waals surface area (Å²) in [6, 6.07) is 5.52. The van der Waals surface area contributed by atoms with Crippen molar-refractivity contribution < 1.29 is 17.9 Å². The Morgan fingerprint density at radius 1 is 1.34 bits per heavy atom. The van der Waals surface area contributed by atoms with Gasteiger partial charge in [-0.1, -0.05) is 13.0 Å². The molecule has 0 radical (unpaired) electrons. The molecule has 1 aromatic carbocycles. The predicted octanol–water partition coefficient (Wildman–Crippen LogP) is 3.40. The molecule has 0 spiro atoms. The van der Waals surface area contributed by atoms with Crippen molar-refractivity contribution in [1.82, 2.24) is 10.3 Å². The number of rotatable bonds is 6. The lowest BCUT2D eigenvalue weighted by atomic mass is 10.1. The number of thioether (sulfide) groups is 1. The van der Waals surface area contributed by atoms with Crippen molar-refractivity contribution >= 4 is 49.7 Å². The summed E-state index contributed by atoms with van der Waals surface area (Å²) < 4.78 is 29.9. The molecule has 1 amide bonds. The number of ether oxygens (including phenoxy) is 1. The fraction of sp³-hybridized carbons (Fsp3) is 0.350.